The average molecular weight is 312 g/mol. The van der Waals surface area contributed by atoms with E-state index in [0.29, 0.717) is 0 Å². The second-order valence-electron chi connectivity index (χ2n) is 4.65. The Hall–Kier alpha value is -1.19. The maximum absolute atomic E-state index is 13.4. The number of benzene rings is 1. The van der Waals surface area contributed by atoms with Crippen molar-refractivity contribution in [3.05, 3.63) is 29.3 Å². The molecular weight excluding hydrogens is 300 g/mol. The first kappa shape index (κ1) is 15.2. The van der Waals surface area contributed by atoms with Gasteiger partial charge in [-0.15, -0.1) is 0 Å². The highest BCUT2D eigenvalue weighted by Crippen LogP contribution is 2.31. The molecule has 0 aliphatic heterocycles. The summed E-state index contributed by atoms with van der Waals surface area (Å²) in [6, 6.07) is -0.561. The predicted octanol–water partition coefficient (Wildman–Crippen LogP) is 1.26. The van der Waals surface area contributed by atoms with Gasteiger partial charge in [0.25, 0.3) is 0 Å². The van der Waals surface area contributed by atoms with Crippen LogP contribution in [0.5, 0.6) is 0 Å². The number of halogens is 4. The minimum Gasteiger partial charge on any atom is -0.326 e. The molecule has 0 bridgehead atoms. The van der Waals surface area contributed by atoms with Crippen LogP contribution in [0.4, 0.5) is 17.6 Å². The van der Waals surface area contributed by atoms with Crippen molar-refractivity contribution in [2.45, 2.75) is 23.8 Å². The molecule has 0 spiro atoms. The molecule has 1 saturated carbocycles. The highest BCUT2D eigenvalue weighted by atomic mass is 32.2. The number of sulfonamides is 1. The maximum Gasteiger partial charge on any atom is 0.246 e. The van der Waals surface area contributed by atoms with Gasteiger partial charge in [0.05, 0.1) is 0 Å². The van der Waals surface area contributed by atoms with E-state index in [1.54, 1.807) is 0 Å². The Balaban J connectivity index is 2.29. The van der Waals surface area contributed by atoms with Gasteiger partial charge in [-0.2, -0.15) is 0 Å². The van der Waals surface area contributed by atoms with E-state index in [1.165, 1.54) is 0 Å². The first-order valence-corrected chi connectivity index (χ1v) is 7.30. The van der Waals surface area contributed by atoms with Gasteiger partial charge in [0, 0.05) is 18.7 Å². The number of hydrogen-bond acceptors (Lipinski definition) is 3. The summed E-state index contributed by atoms with van der Waals surface area (Å²) in [7, 11) is -4.73. The third kappa shape index (κ3) is 2.94. The average Bonchev–Trinajstić information content (AvgIpc) is 3.18. The molecule has 0 radical (unpaired) electrons. The molecule has 1 atom stereocenters. The van der Waals surface area contributed by atoms with Gasteiger partial charge < -0.3 is 5.73 Å². The molecule has 3 N–H and O–H groups in total. The second-order valence-corrected chi connectivity index (χ2v) is 6.35. The molecule has 4 nitrogen and oxygen atoms in total. The zero-order valence-corrected chi connectivity index (χ0v) is 11.0. The van der Waals surface area contributed by atoms with Crippen LogP contribution in [-0.4, -0.2) is 21.0 Å². The fourth-order valence-electron chi connectivity index (χ4n) is 1.76. The summed E-state index contributed by atoms with van der Waals surface area (Å²) in [4.78, 5) is -1.67. The fourth-order valence-corrected chi connectivity index (χ4v) is 2.98. The highest BCUT2D eigenvalue weighted by Gasteiger charge is 2.32. The SMILES string of the molecule is NC(CNS(=O)(=O)c1c(F)c(F)cc(F)c1F)C1CC1. The Kier molecular flexibility index (Phi) is 4.03. The van der Waals surface area contributed by atoms with E-state index in [4.69, 9.17) is 5.73 Å². The van der Waals surface area contributed by atoms with Crippen LogP contribution < -0.4 is 10.5 Å². The van der Waals surface area contributed by atoms with Gasteiger partial charge in [0.15, 0.2) is 28.2 Å². The van der Waals surface area contributed by atoms with Crippen LogP contribution in [0.2, 0.25) is 0 Å². The minimum atomic E-state index is -4.73. The van der Waals surface area contributed by atoms with Gasteiger partial charge in [0.2, 0.25) is 10.0 Å². The Bertz CT molecular complexity index is 606. The summed E-state index contributed by atoms with van der Waals surface area (Å²) < 4.78 is 78.1. The lowest BCUT2D eigenvalue weighted by Gasteiger charge is -2.13. The quantitative estimate of drug-likeness (QED) is 0.635. The van der Waals surface area contributed by atoms with Gasteiger partial charge in [-0.05, 0) is 18.8 Å². The summed E-state index contributed by atoms with van der Waals surface area (Å²) in [5.74, 6) is -7.34. The normalized spacial score (nSPS) is 17.2. The van der Waals surface area contributed by atoms with Crippen LogP contribution in [0.1, 0.15) is 12.8 Å². The molecular formula is C11H12F4N2O2S. The van der Waals surface area contributed by atoms with Gasteiger partial charge in [-0.1, -0.05) is 0 Å². The number of nitrogens with one attached hydrogen (secondary N) is 1. The molecule has 1 unspecified atom stereocenters. The van der Waals surface area contributed by atoms with E-state index < -0.39 is 44.2 Å². The van der Waals surface area contributed by atoms with E-state index in [2.05, 4.69) is 0 Å². The maximum atomic E-state index is 13.4. The highest BCUT2D eigenvalue weighted by molar-refractivity contribution is 7.89. The van der Waals surface area contributed by atoms with Gasteiger partial charge in [0.1, 0.15) is 0 Å². The molecule has 2 rings (SSSR count). The third-order valence-electron chi connectivity index (χ3n) is 3.08. The van der Waals surface area contributed by atoms with Crippen molar-refractivity contribution in [1.82, 2.24) is 4.72 Å². The molecule has 0 amide bonds. The molecule has 1 aromatic carbocycles. The van der Waals surface area contributed by atoms with Crippen LogP contribution in [0.3, 0.4) is 0 Å². The summed E-state index contributed by atoms with van der Waals surface area (Å²) in [5.41, 5.74) is 5.64. The van der Waals surface area contributed by atoms with Crippen molar-refractivity contribution in [3.8, 4) is 0 Å². The zero-order chi connectivity index (χ0) is 15.1. The lowest BCUT2D eigenvalue weighted by molar-refractivity contribution is 0.417. The van der Waals surface area contributed by atoms with Gasteiger partial charge in [-0.3, -0.25) is 0 Å². The molecule has 1 aliphatic carbocycles. The van der Waals surface area contributed by atoms with Crippen LogP contribution in [0, 0.1) is 29.2 Å². The van der Waals surface area contributed by atoms with Gasteiger partial charge >= 0.3 is 0 Å². The van der Waals surface area contributed by atoms with Crippen molar-refractivity contribution in [3.63, 3.8) is 0 Å². The first-order valence-electron chi connectivity index (χ1n) is 5.82. The van der Waals surface area contributed by atoms with Crippen LogP contribution in [0.25, 0.3) is 0 Å². The van der Waals surface area contributed by atoms with E-state index in [-0.39, 0.29) is 18.5 Å². The van der Waals surface area contributed by atoms with Crippen LogP contribution in [0.15, 0.2) is 11.0 Å². The molecule has 1 aliphatic rings. The molecule has 0 aromatic heterocycles. The van der Waals surface area contributed by atoms with E-state index in [9.17, 15) is 26.0 Å². The van der Waals surface area contributed by atoms with Crippen LogP contribution in [-0.2, 0) is 10.0 Å². The predicted molar refractivity (Wildman–Crippen MR) is 62.2 cm³/mol. The summed E-state index contributed by atoms with van der Waals surface area (Å²) in [6.45, 7) is -0.260. The van der Waals surface area contributed by atoms with E-state index in [0.717, 1.165) is 12.8 Å². The van der Waals surface area contributed by atoms with Gasteiger partial charge in [-0.25, -0.2) is 30.7 Å². The van der Waals surface area contributed by atoms with Crippen molar-refractivity contribution >= 4 is 10.0 Å². The number of hydrogen-bond donors (Lipinski definition) is 2. The fraction of sp³-hybridized carbons (Fsp3) is 0.455. The summed E-state index contributed by atoms with van der Waals surface area (Å²) >= 11 is 0. The topological polar surface area (TPSA) is 72.2 Å². The molecule has 20 heavy (non-hydrogen) atoms. The third-order valence-corrected chi connectivity index (χ3v) is 4.52. The molecule has 9 heteroatoms. The first-order chi connectivity index (χ1) is 9.24. The molecule has 0 heterocycles. The van der Waals surface area contributed by atoms with Crippen LogP contribution >= 0.6 is 0 Å². The number of nitrogens with two attached hydrogens (primary N) is 1. The second kappa shape index (κ2) is 5.30. The zero-order valence-electron chi connectivity index (χ0n) is 10.2. The van der Waals surface area contributed by atoms with Crippen molar-refractivity contribution in [2.24, 2.45) is 11.7 Å². The Morgan fingerprint density at radius 3 is 2.15 bits per heavy atom. The van der Waals surface area contributed by atoms with Crippen molar-refractivity contribution in [1.29, 1.82) is 0 Å². The molecule has 1 fully saturated rings. The lowest BCUT2D eigenvalue weighted by Crippen LogP contribution is -2.39. The smallest absolute Gasteiger partial charge is 0.246 e. The van der Waals surface area contributed by atoms with Crippen molar-refractivity contribution < 1.29 is 26.0 Å². The Morgan fingerprint density at radius 1 is 1.20 bits per heavy atom. The van der Waals surface area contributed by atoms with Crippen molar-refractivity contribution in [2.75, 3.05) is 6.54 Å². The monoisotopic (exact) mass is 312 g/mol. The molecule has 0 saturated heterocycles. The largest absolute Gasteiger partial charge is 0.326 e. The van der Waals surface area contributed by atoms with E-state index in [1.807, 2.05) is 4.72 Å². The summed E-state index contributed by atoms with van der Waals surface area (Å²) in [6.07, 6.45) is 1.69. The number of rotatable bonds is 5. The summed E-state index contributed by atoms with van der Waals surface area (Å²) in [5, 5.41) is 0. The molecule has 112 valence electrons. The standard InChI is InChI=1S/C11H12F4N2O2S/c12-6-3-7(13)10(15)11(9(6)14)20(18,19)17-4-8(16)5-1-2-5/h3,5,8,17H,1-2,4,16H2. The Morgan fingerprint density at radius 2 is 1.70 bits per heavy atom. The Labute approximate surface area is 113 Å². The lowest BCUT2D eigenvalue weighted by atomic mass is 10.2. The minimum absolute atomic E-state index is 0.0559. The van der Waals surface area contributed by atoms with E-state index >= 15 is 0 Å². The molecule has 1 aromatic rings.